The Kier molecular flexibility index (Phi) is 7.21. The van der Waals surface area contributed by atoms with E-state index in [1.165, 1.54) is 12.0 Å². The third-order valence-corrected chi connectivity index (χ3v) is 0.855. The highest BCUT2D eigenvalue weighted by Gasteiger charge is 1.77. The number of hydrogen-bond donors (Lipinski definition) is 1. The monoisotopic (exact) mass is 140 g/mol. The molecule has 0 heterocycles. The standard InChI is InChI=1S/C3H8O2S2/c1-7-5-2-4-3-6/h6H,2-3H2,1H3. The van der Waals surface area contributed by atoms with Crippen molar-refractivity contribution in [1.82, 2.24) is 0 Å². The lowest BCUT2D eigenvalue weighted by molar-refractivity contribution is 0.0583. The molecule has 0 rings (SSSR count). The largest absolute Gasteiger partial charge is 0.344 e. The summed E-state index contributed by atoms with van der Waals surface area (Å²) < 4.78 is 9.41. The van der Waals surface area contributed by atoms with E-state index in [2.05, 4.69) is 12.6 Å². The van der Waals surface area contributed by atoms with Crippen LogP contribution in [-0.4, -0.2) is 19.0 Å². The fourth-order valence-corrected chi connectivity index (χ4v) is 0.358. The average molecular weight is 140 g/mol. The van der Waals surface area contributed by atoms with E-state index in [1.54, 1.807) is 0 Å². The lowest BCUT2D eigenvalue weighted by Gasteiger charge is -1.95. The van der Waals surface area contributed by atoms with Crippen LogP contribution in [0.1, 0.15) is 0 Å². The molecule has 0 saturated heterocycles. The van der Waals surface area contributed by atoms with Crippen LogP contribution in [0, 0.1) is 0 Å². The summed E-state index contributed by atoms with van der Waals surface area (Å²) in [4.78, 5) is 0. The van der Waals surface area contributed by atoms with Crippen molar-refractivity contribution in [3.63, 3.8) is 0 Å². The van der Waals surface area contributed by atoms with E-state index < -0.39 is 0 Å². The fraction of sp³-hybridized carbons (Fsp3) is 1.00. The van der Waals surface area contributed by atoms with Gasteiger partial charge < -0.3 is 4.74 Å². The molecule has 0 aliphatic heterocycles. The summed E-state index contributed by atoms with van der Waals surface area (Å²) in [7, 11) is 0. The van der Waals surface area contributed by atoms with Crippen LogP contribution in [0.5, 0.6) is 0 Å². The van der Waals surface area contributed by atoms with Crippen LogP contribution in [0.2, 0.25) is 0 Å². The average Bonchev–Trinajstić information content (AvgIpc) is 1.69. The summed E-state index contributed by atoms with van der Waals surface area (Å²) in [6, 6.07) is 0. The number of rotatable bonds is 4. The Hall–Kier alpha value is 0.620. The van der Waals surface area contributed by atoms with Gasteiger partial charge in [0, 0.05) is 6.26 Å². The molecule has 2 nitrogen and oxygen atoms in total. The van der Waals surface area contributed by atoms with Crippen LogP contribution in [0.3, 0.4) is 0 Å². The van der Waals surface area contributed by atoms with Crippen LogP contribution >= 0.6 is 24.7 Å². The third kappa shape index (κ3) is 6.62. The Morgan fingerprint density at radius 1 is 1.71 bits per heavy atom. The maximum absolute atomic E-state index is 4.72. The van der Waals surface area contributed by atoms with Gasteiger partial charge in [-0.1, -0.05) is 0 Å². The first-order chi connectivity index (χ1) is 3.41. The maximum Gasteiger partial charge on any atom is 0.161 e. The van der Waals surface area contributed by atoms with Crippen molar-refractivity contribution in [2.75, 3.05) is 19.0 Å². The van der Waals surface area contributed by atoms with E-state index in [4.69, 9.17) is 8.92 Å². The van der Waals surface area contributed by atoms with Gasteiger partial charge in [-0.3, -0.25) is 4.18 Å². The predicted molar refractivity (Wildman–Crippen MR) is 34.4 cm³/mol. The summed E-state index contributed by atoms with van der Waals surface area (Å²) in [6.07, 6.45) is 1.84. The molecule has 0 radical (unpaired) electrons. The molecule has 0 atom stereocenters. The zero-order valence-electron chi connectivity index (χ0n) is 4.09. The van der Waals surface area contributed by atoms with E-state index >= 15 is 0 Å². The van der Waals surface area contributed by atoms with Crippen molar-refractivity contribution < 1.29 is 8.92 Å². The minimum absolute atomic E-state index is 0.324. The second-order valence-electron chi connectivity index (χ2n) is 0.736. The molecule has 0 bridgehead atoms. The van der Waals surface area contributed by atoms with Gasteiger partial charge in [-0.15, -0.1) is 0 Å². The van der Waals surface area contributed by atoms with Crippen molar-refractivity contribution >= 4 is 24.7 Å². The normalized spacial score (nSPS) is 9.43. The van der Waals surface area contributed by atoms with Crippen LogP contribution in [0.25, 0.3) is 0 Å². The molecule has 0 aromatic rings. The van der Waals surface area contributed by atoms with Gasteiger partial charge in [0.25, 0.3) is 0 Å². The van der Waals surface area contributed by atoms with Gasteiger partial charge in [0.2, 0.25) is 0 Å². The van der Waals surface area contributed by atoms with Crippen molar-refractivity contribution in [2.24, 2.45) is 0 Å². The summed E-state index contributed by atoms with van der Waals surface area (Å²) in [5, 5.41) is 0. The van der Waals surface area contributed by atoms with Gasteiger partial charge in [0.05, 0.1) is 5.94 Å². The van der Waals surface area contributed by atoms with Crippen molar-refractivity contribution in [2.45, 2.75) is 0 Å². The second kappa shape index (κ2) is 6.62. The van der Waals surface area contributed by atoms with Gasteiger partial charge >= 0.3 is 0 Å². The van der Waals surface area contributed by atoms with Crippen LogP contribution in [0.4, 0.5) is 0 Å². The van der Waals surface area contributed by atoms with Crippen LogP contribution < -0.4 is 0 Å². The third-order valence-electron chi connectivity index (χ3n) is 0.341. The molecule has 0 aromatic carbocycles. The highest BCUT2D eigenvalue weighted by molar-refractivity contribution is 7.93. The van der Waals surface area contributed by atoms with Crippen LogP contribution in [0.15, 0.2) is 0 Å². The zero-order valence-corrected chi connectivity index (χ0v) is 5.80. The summed E-state index contributed by atoms with van der Waals surface area (Å²) in [5.41, 5.74) is 0. The van der Waals surface area contributed by atoms with E-state index in [0.717, 1.165) is 0 Å². The lowest BCUT2D eigenvalue weighted by Crippen LogP contribution is -1.90. The molecule has 44 valence electrons. The number of thiol groups is 1. The maximum atomic E-state index is 4.72. The van der Waals surface area contributed by atoms with Crippen molar-refractivity contribution in [3.05, 3.63) is 0 Å². The molecule has 0 saturated carbocycles. The molecule has 0 spiro atoms. The number of ether oxygens (including phenoxy) is 1. The molecule has 0 fully saturated rings. The topological polar surface area (TPSA) is 18.5 Å². The quantitative estimate of drug-likeness (QED) is 0.273. The Morgan fingerprint density at radius 3 is 2.86 bits per heavy atom. The molecule has 0 aliphatic rings. The molecule has 7 heavy (non-hydrogen) atoms. The first-order valence-electron chi connectivity index (χ1n) is 1.76. The summed E-state index contributed by atoms with van der Waals surface area (Å²) >= 11 is 5.06. The first-order valence-corrected chi connectivity index (χ1v) is 3.54. The van der Waals surface area contributed by atoms with Gasteiger partial charge in [0.1, 0.15) is 0 Å². The van der Waals surface area contributed by atoms with E-state index in [1.807, 2.05) is 6.26 Å². The van der Waals surface area contributed by atoms with E-state index in [9.17, 15) is 0 Å². The SMILES string of the molecule is CSOCOCS. The number of hydrogen-bond acceptors (Lipinski definition) is 4. The van der Waals surface area contributed by atoms with Gasteiger partial charge in [-0.05, 0) is 12.0 Å². The summed E-state index contributed by atoms with van der Waals surface area (Å²) in [5.74, 6) is 0.417. The minimum atomic E-state index is 0.324. The molecule has 4 heteroatoms. The van der Waals surface area contributed by atoms with Gasteiger partial charge in [-0.25, -0.2) is 0 Å². The smallest absolute Gasteiger partial charge is 0.161 e. The Bertz CT molecular complexity index is 30.1. The first kappa shape index (κ1) is 7.62. The Morgan fingerprint density at radius 2 is 2.43 bits per heavy atom. The molecule has 0 aromatic heterocycles. The predicted octanol–water partition coefficient (Wildman–Crippen LogP) is 1.14. The van der Waals surface area contributed by atoms with E-state index in [-0.39, 0.29) is 0 Å². The zero-order chi connectivity index (χ0) is 5.54. The van der Waals surface area contributed by atoms with Crippen molar-refractivity contribution in [3.8, 4) is 0 Å². The highest BCUT2D eigenvalue weighted by Crippen LogP contribution is 1.93. The fourth-order valence-electron chi connectivity index (χ4n) is 0.119. The van der Waals surface area contributed by atoms with Gasteiger partial charge in [-0.2, -0.15) is 12.6 Å². The molecule has 0 N–H and O–H groups in total. The lowest BCUT2D eigenvalue weighted by atomic mass is 11.4. The van der Waals surface area contributed by atoms with Crippen molar-refractivity contribution in [1.29, 1.82) is 0 Å². The molecule has 0 aliphatic carbocycles. The van der Waals surface area contributed by atoms with Gasteiger partial charge in [0.15, 0.2) is 6.79 Å². The van der Waals surface area contributed by atoms with Crippen LogP contribution in [-0.2, 0) is 8.92 Å². The highest BCUT2D eigenvalue weighted by atomic mass is 32.2. The minimum Gasteiger partial charge on any atom is -0.344 e. The molecule has 0 amide bonds. The molecular formula is C3H8O2S2. The molecule has 0 unspecified atom stereocenters. The summed E-state index contributed by atoms with van der Waals surface area (Å²) in [6.45, 7) is 0.324. The van der Waals surface area contributed by atoms with E-state index in [0.29, 0.717) is 12.7 Å². The molecular weight excluding hydrogens is 132 g/mol. The Balaban J connectivity index is 2.45. The Labute approximate surface area is 53.2 Å². The second-order valence-corrected chi connectivity index (χ2v) is 1.56.